The van der Waals surface area contributed by atoms with Crippen LogP contribution in [0.1, 0.15) is 0 Å². The summed E-state index contributed by atoms with van der Waals surface area (Å²) in [5.41, 5.74) is 7.42. The summed E-state index contributed by atoms with van der Waals surface area (Å²) in [6.45, 7) is 0. The maximum atomic E-state index is 5.41. The van der Waals surface area contributed by atoms with Gasteiger partial charge >= 0.3 is 0 Å². The van der Waals surface area contributed by atoms with Gasteiger partial charge in [0.05, 0.1) is 22.1 Å². The average Bonchev–Trinajstić information content (AvgIpc) is 3.74. The second-order valence-corrected chi connectivity index (χ2v) is 13.2. The fourth-order valence-electron chi connectivity index (χ4n) is 8.12. The van der Waals surface area contributed by atoms with Gasteiger partial charge in [-0.05, 0) is 46.5 Å². The molecule has 0 saturated carbocycles. The van der Waals surface area contributed by atoms with Gasteiger partial charge in [0.1, 0.15) is 0 Å². The molecule has 242 valence electrons. The lowest BCUT2D eigenvalue weighted by Gasteiger charge is -2.13. The summed E-state index contributed by atoms with van der Waals surface area (Å²) >= 11 is 0. The van der Waals surface area contributed by atoms with E-state index in [0.29, 0.717) is 17.6 Å². The van der Waals surface area contributed by atoms with Crippen LogP contribution in [0.2, 0.25) is 0 Å². The molecule has 0 amide bonds. The number of nitrogens with zero attached hydrogens (tertiary/aromatic N) is 5. The Morgan fingerprint density at radius 2 is 0.981 bits per heavy atom. The van der Waals surface area contributed by atoms with Crippen LogP contribution in [0.25, 0.3) is 99.6 Å². The Morgan fingerprint density at radius 3 is 1.81 bits per heavy atom. The van der Waals surface area contributed by atoms with Crippen LogP contribution in [0.15, 0.2) is 176 Å². The van der Waals surface area contributed by atoms with Crippen LogP contribution < -0.4 is 0 Å². The summed E-state index contributed by atoms with van der Waals surface area (Å²) in [5.74, 6) is 1.84. The molecule has 0 radical (unpaired) electrons. The van der Waals surface area contributed by atoms with Crippen molar-refractivity contribution in [2.45, 2.75) is 0 Å². The number of aromatic nitrogens is 5. The zero-order valence-electron chi connectivity index (χ0n) is 28.0. The van der Waals surface area contributed by atoms with Crippen LogP contribution in [0, 0.1) is 0 Å². The van der Waals surface area contributed by atoms with Gasteiger partial charge < -0.3 is 4.57 Å². The predicted molar refractivity (Wildman–Crippen MR) is 214 cm³/mol. The fraction of sp³-hybridized carbons (Fsp3) is 0. The number of para-hydroxylation sites is 3. The molecule has 0 saturated heterocycles. The lowest BCUT2D eigenvalue weighted by atomic mass is 9.97. The van der Waals surface area contributed by atoms with E-state index in [4.69, 9.17) is 15.0 Å². The van der Waals surface area contributed by atoms with Crippen molar-refractivity contribution in [3.63, 3.8) is 0 Å². The van der Waals surface area contributed by atoms with E-state index in [1.54, 1.807) is 0 Å². The first-order valence-electron chi connectivity index (χ1n) is 17.6. The van der Waals surface area contributed by atoms with Crippen LogP contribution >= 0.6 is 0 Å². The molecule has 8 aromatic carbocycles. The topological polar surface area (TPSA) is 48.5 Å². The molecule has 3 aromatic heterocycles. The zero-order chi connectivity index (χ0) is 34.2. The van der Waals surface area contributed by atoms with Gasteiger partial charge in [0.25, 0.3) is 0 Å². The predicted octanol–water partition coefficient (Wildman–Crippen LogP) is 11.7. The van der Waals surface area contributed by atoms with Crippen molar-refractivity contribution in [3.05, 3.63) is 176 Å². The molecule has 3 heterocycles. The van der Waals surface area contributed by atoms with Crippen LogP contribution in [0.3, 0.4) is 0 Å². The molecule has 5 nitrogen and oxygen atoms in total. The Bertz CT molecular complexity index is 3180. The number of fused-ring (bicyclic) bond motifs is 10. The first kappa shape index (κ1) is 28.7. The highest BCUT2D eigenvalue weighted by atomic mass is 15.2. The van der Waals surface area contributed by atoms with Crippen LogP contribution in [-0.4, -0.2) is 24.1 Å². The Hall–Kier alpha value is -7.11. The normalized spacial score (nSPS) is 11.8. The Labute approximate surface area is 298 Å². The molecule has 11 aromatic rings. The molecule has 11 rings (SSSR count). The molecular formula is C47H29N5. The Morgan fingerprint density at radius 1 is 0.346 bits per heavy atom. The van der Waals surface area contributed by atoms with Crippen molar-refractivity contribution in [2.75, 3.05) is 0 Å². The minimum Gasteiger partial charge on any atom is -0.309 e. The molecule has 0 aliphatic rings. The van der Waals surface area contributed by atoms with E-state index in [1.807, 2.05) is 18.2 Å². The molecule has 0 N–H and O–H groups in total. The highest BCUT2D eigenvalue weighted by Gasteiger charge is 2.23. The number of rotatable bonds is 4. The van der Waals surface area contributed by atoms with Gasteiger partial charge in [-0.15, -0.1) is 0 Å². The van der Waals surface area contributed by atoms with Gasteiger partial charge in [-0.2, -0.15) is 9.97 Å². The highest BCUT2D eigenvalue weighted by Crippen LogP contribution is 2.42. The minimum atomic E-state index is 0.580. The third-order valence-corrected chi connectivity index (χ3v) is 10.4. The van der Waals surface area contributed by atoms with Crippen molar-refractivity contribution in [2.24, 2.45) is 0 Å². The van der Waals surface area contributed by atoms with E-state index >= 15 is 0 Å². The zero-order valence-corrected chi connectivity index (χ0v) is 28.0. The summed E-state index contributed by atoms with van der Waals surface area (Å²) in [5, 5.41) is 9.26. The third kappa shape index (κ3) is 4.20. The number of hydrogen-bond donors (Lipinski definition) is 0. The number of hydrogen-bond acceptors (Lipinski definition) is 3. The van der Waals surface area contributed by atoms with E-state index in [2.05, 4.69) is 167 Å². The number of benzene rings is 8. The molecular weight excluding hydrogens is 635 g/mol. The monoisotopic (exact) mass is 663 g/mol. The second-order valence-electron chi connectivity index (χ2n) is 13.2. The lowest BCUT2D eigenvalue weighted by Crippen LogP contribution is -2.07. The molecule has 5 heteroatoms. The Kier molecular flexibility index (Phi) is 6.18. The SMILES string of the molecule is c1ccc(-c2nc(-c3cccc4ccc5ccccc5c34)nc(-n3c4ccccc4c4ccc5c(c6ccccc6n5-c5ccccc5)c43)n2)cc1. The third-order valence-electron chi connectivity index (χ3n) is 10.4. The van der Waals surface area contributed by atoms with Crippen LogP contribution in [0.4, 0.5) is 0 Å². The maximum absolute atomic E-state index is 5.41. The van der Waals surface area contributed by atoms with Crippen molar-refractivity contribution in [3.8, 4) is 34.4 Å². The minimum absolute atomic E-state index is 0.580. The highest BCUT2D eigenvalue weighted by molar-refractivity contribution is 6.26. The maximum Gasteiger partial charge on any atom is 0.238 e. The van der Waals surface area contributed by atoms with Gasteiger partial charge in [-0.25, -0.2) is 4.98 Å². The summed E-state index contributed by atoms with van der Waals surface area (Å²) in [7, 11) is 0. The van der Waals surface area contributed by atoms with E-state index < -0.39 is 0 Å². The average molecular weight is 664 g/mol. The summed E-state index contributed by atoms with van der Waals surface area (Å²) in [6, 6.07) is 61.9. The molecule has 52 heavy (non-hydrogen) atoms. The summed E-state index contributed by atoms with van der Waals surface area (Å²) in [6.07, 6.45) is 0. The van der Waals surface area contributed by atoms with E-state index in [1.165, 1.54) is 16.2 Å². The fourth-order valence-corrected chi connectivity index (χ4v) is 8.12. The molecule has 0 atom stereocenters. The van der Waals surface area contributed by atoms with E-state index in [9.17, 15) is 0 Å². The first-order valence-corrected chi connectivity index (χ1v) is 17.6. The largest absolute Gasteiger partial charge is 0.309 e. The van der Waals surface area contributed by atoms with E-state index in [-0.39, 0.29) is 0 Å². The molecule has 0 spiro atoms. The smallest absolute Gasteiger partial charge is 0.238 e. The van der Waals surface area contributed by atoms with Crippen molar-refractivity contribution in [1.82, 2.24) is 24.1 Å². The van der Waals surface area contributed by atoms with Crippen molar-refractivity contribution in [1.29, 1.82) is 0 Å². The van der Waals surface area contributed by atoms with Gasteiger partial charge in [0.2, 0.25) is 5.95 Å². The van der Waals surface area contributed by atoms with Crippen molar-refractivity contribution < 1.29 is 0 Å². The standard InChI is InChI=1S/C47H29N5/c1-3-15-32(16-4-1)45-48-46(38-23-13-17-31-27-26-30-14-7-8-20-34(30)42(31)38)50-47(49-45)52-39-24-11-9-21-35(39)36-28-29-41-43(44(36)52)37-22-10-12-25-40(37)51(41)33-18-5-2-6-19-33/h1-29H. The van der Waals surface area contributed by atoms with Crippen molar-refractivity contribution >= 4 is 65.2 Å². The first-order chi connectivity index (χ1) is 25.8. The van der Waals surface area contributed by atoms with Gasteiger partial charge in [-0.1, -0.05) is 146 Å². The lowest BCUT2D eigenvalue weighted by molar-refractivity contribution is 0.956. The quantitative estimate of drug-likeness (QED) is 0.176. The molecule has 0 unspecified atom stereocenters. The van der Waals surface area contributed by atoms with Gasteiger partial charge in [-0.3, -0.25) is 4.57 Å². The van der Waals surface area contributed by atoms with Gasteiger partial charge in [0.15, 0.2) is 11.6 Å². The molecule has 0 aliphatic heterocycles. The van der Waals surface area contributed by atoms with E-state index in [0.717, 1.165) is 65.8 Å². The molecule has 0 aliphatic carbocycles. The molecule has 0 bridgehead atoms. The summed E-state index contributed by atoms with van der Waals surface area (Å²) in [4.78, 5) is 15.9. The second kappa shape index (κ2) is 11.2. The van der Waals surface area contributed by atoms with Gasteiger partial charge in [0, 0.05) is 43.7 Å². The van der Waals surface area contributed by atoms with Crippen LogP contribution in [-0.2, 0) is 0 Å². The Balaban J connectivity index is 1.30. The van der Waals surface area contributed by atoms with Crippen LogP contribution in [0.5, 0.6) is 0 Å². The molecule has 0 fully saturated rings. The summed E-state index contributed by atoms with van der Waals surface area (Å²) < 4.78 is 4.62.